The zero-order chi connectivity index (χ0) is 13.0. The number of para-hydroxylation sites is 2. The van der Waals surface area contributed by atoms with E-state index < -0.39 is 12.7 Å². The predicted octanol–water partition coefficient (Wildman–Crippen LogP) is 4.39. The van der Waals surface area contributed by atoms with Gasteiger partial charge in [-0.15, -0.1) is 0 Å². The van der Waals surface area contributed by atoms with Crippen LogP contribution in [0.3, 0.4) is 0 Å². The molecule has 18 heavy (non-hydrogen) atoms. The molecule has 0 radical (unpaired) electrons. The fourth-order valence-electron chi connectivity index (χ4n) is 1.73. The van der Waals surface area contributed by atoms with E-state index in [1.54, 1.807) is 60.7 Å². The van der Waals surface area contributed by atoms with Crippen molar-refractivity contribution in [1.82, 2.24) is 0 Å². The topological polar surface area (TPSA) is 3.24 Å². The molecule has 2 rings (SSSR count). The Labute approximate surface area is 103 Å². The number of benzene rings is 2. The average molecular weight is 251 g/mol. The first-order valence-electron chi connectivity index (χ1n) is 5.51. The zero-order valence-corrected chi connectivity index (χ0v) is 9.56. The third-order valence-electron chi connectivity index (χ3n) is 2.47. The van der Waals surface area contributed by atoms with Crippen LogP contribution in [0, 0.1) is 0 Å². The van der Waals surface area contributed by atoms with Crippen LogP contribution in [0.15, 0.2) is 60.7 Å². The van der Waals surface area contributed by atoms with E-state index in [0.29, 0.717) is 11.4 Å². The highest BCUT2D eigenvalue weighted by Crippen LogP contribution is 2.29. The summed E-state index contributed by atoms with van der Waals surface area (Å²) in [6, 6.07) is 17.1. The molecule has 0 saturated carbocycles. The SMILES string of the molecule is FC(F)(F)CN(c1ccccc1)c1ccccc1. The van der Waals surface area contributed by atoms with E-state index >= 15 is 0 Å². The van der Waals surface area contributed by atoms with Crippen molar-refractivity contribution in [3.8, 4) is 0 Å². The van der Waals surface area contributed by atoms with E-state index in [0.717, 1.165) is 0 Å². The van der Waals surface area contributed by atoms with Gasteiger partial charge in [0.25, 0.3) is 0 Å². The summed E-state index contributed by atoms with van der Waals surface area (Å²) in [5.74, 6) is 0. The minimum absolute atomic E-state index is 0.529. The summed E-state index contributed by atoms with van der Waals surface area (Å²) in [4.78, 5) is 1.25. The number of anilines is 2. The molecule has 0 aliphatic rings. The average Bonchev–Trinajstić information content (AvgIpc) is 2.37. The van der Waals surface area contributed by atoms with Crippen LogP contribution >= 0.6 is 0 Å². The number of halogens is 3. The molecule has 0 bridgehead atoms. The summed E-state index contributed by atoms with van der Waals surface area (Å²) < 4.78 is 37.9. The van der Waals surface area contributed by atoms with E-state index in [4.69, 9.17) is 0 Å². The second-order valence-electron chi connectivity index (χ2n) is 3.87. The van der Waals surface area contributed by atoms with Crippen molar-refractivity contribution in [3.05, 3.63) is 60.7 Å². The molecule has 0 spiro atoms. The van der Waals surface area contributed by atoms with Gasteiger partial charge in [-0.1, -0.05) is 36.4 Å². The maximum Gasteiger partial charge on any atom is 0.406 e. The van der Waals surface area contributed by atoms with Gasteiger partial charge in [0.15, 0.2) is 0 Å². The molecular weight excluding hydrogens is 239 g/mol. The molecule has 94 valence electrons. The van der Waals surface area contributed by atoms with Crippen molar-refractivity contribution in [3.63, 3.8) is 0 Å². The maximum atomic E-state index is 12.6. The van der Waals surface area contributed by atoms with Gasteiger partial charge in [0.2, 0.25) is 0 Å². The molecule has 2 aromatic rings. The first-order chi connectivity index (χ1) is 8.56. The van der Waals surface area contributed by atoms with Gasteiger partial charge < -0.3 is 4.90 Å². The van der Waals surface area contributed by atoms with E-state index in [2.05, 4.69) is 0 Å². The van der Waals surface area contributed by atoms with Crippen molar-refractivity contribution in [1.29, 1.82) is 0 Å². The first kappa shape index (κ1) is 12.5. The standard InChI is InChI=1S/C14H12F3N/c15-14(16,17)11-18(12-7-3-1-4-8-12)13-9-5-2-6-10-13/h1-10H,11H2. The van der Waals surface area contributed by atoms with Gasteiger partial charge in [0, 0.05) is 11.4 Å². The van der Waals surface area contributed by atoms with Crippen LogP contribution in [0.5, 0.6) is 0 Å². The number of alkyl halides is 3. The third-order valence-corrected chi connectivity index (χ3v) is 2.47. The van der Waals surface area contributed by atoms with Gasteiger partial charge in [0.1, 0.15) is 6.54 Å². The van der Waals surface area contributed by atoms with Gasteiger partial charge in [-0.05, 0) is 24.3 Å². The van der Waals surface area contributed by atoms with Gasteiger partial charge in [-0.3, -0.25) is 0 Å². The molecule has 0 fully saturated rings. The lowest BCUT2D eigenvalue weighted by Gasteiger charge is -2.26. The third kappa shape index (κ3) is 3.26. The largest absolute Gasteiger partial charge is 0.406 e. The Hall–Kier alpha value is -1.97. The summed E-state index contributed by atoms with van der Waals surface area (Å²) in [5, 5.41) is 0. The zero-order valence-electron chi connectivity index (χ0n) is 9.56. The van der Waals surface area contributed by atoms with Crippen molar-refractivity contribution in [2.75, 3.05) is 11.4 Å². The lowest BCUT2D eigenvalue weighted by molar-refractivity contribution is -0.118. The minimum Gasteiger partial charge on any atom is -0.332 e. The van der Waals surface area contributed by atoms with Gasteiger partial charge in [-0.25, -0.2) is 0 Å². The van der Waals surface area contributed by atoms with Crippen LogP contribution in [0.2, 0.25) is 0 Å². The predicted molar refractivity (Wildman–Crippen MR) is 65.9 cm³/mol. The van der Waals surface area contributed by atoms with E-state index in [-0.39, 0.29) is 0 Å². The normalized spacial score (nSPS) is 11.3. The molecule has 0 aromatic heterocycles. The number of nitrogens with zero attached hydrogens (tertiary/aromatic N) is 1. The first-order valence-corrected chi connectivity index (χ1v) is 5.51. The molecule has 0 unspecified atom stereocenters. The van der Waals surface area contributed by atoms with Crippen molar-refractivity contribution in [2.24, 2.45) is 0 Å². The quantitative estimate of drug-likeness (QED) is 0.782. The fraction of sp³-hybridized carbons (Fsp3) is 0.143. The number of hydrogen-bond acceptors (Lipinski definition) is 1. The van der Waals surface area contributed by atoms with Crippen molar-refractivity contribution >= 4 is 11.4 Å². The Morgan fingerprint density at radius 3 is 1.44 bits per heavy atom. The molecular formula is C14H12F3N. The Bertz CT molecular complexity index is 440. The number of hydrogen-bond donors (Lipinski definition) is 0. The second-order valence-corrected chi connectivity index (χ2v) is 3.87. The Morgan fingerprint density at radius 1 is 0.722 bits per heavy atom. The molecule has 0 N–H and O–H groups in total. The highest BCUT2D eigenvalue weighted by Gasteiger charge is 2.31. The Balaban J connectivity index is 2.36. The van der Waals surface area contributed by atoms with Crippen LogP contribution in [0.1, 0.15) is 0 Å². The molecule has 2 aromatic carbocycles. The Morgan fingerprint density at radius 2 is 1.11 bits per heavy atom. The second kappa shape index (κ2) is 5.12. The summed E-state index contributed by atoms with van der Waals surface area (Å²) in [6.07, 6.45) is -4.24. The van der Waals surface area contributed by atoms with Gasteiger partial charge in [-0.2, -0.15) is 13.2 Å². The van der Waals surface area contributed by atoms with Crippen LogP contribution in [-0.2, 0) is 0 Å². The van der Waals surface area contributed by atoms with Crippen molar-refractivity contribution in [2.45, 2.75) is 6.18 Å². The number of rotatable bonds is 3. The highest BCUT2D eigenvalue weighted by atomic mass is 19.4. The fourth-order valence-corrected chi connectivity index (χ4v) is 1.73. The maximum absolute atomic E-state index is 12.6. The van der Waals surface area contributed by atoms with E-state index in [1.165, 1.54) is 4.90 Å². The summed E-state index contributed by atoms with van der Waals surface area (Å²) in [6.45, 7) is -0.999. The van der Waals surface area contributed by atoms with Crippen LogP contribution in [-0.4, -0.2) is 12.7 Å². The molecule has 0 aliphatic carbocycles. The smallest absolute Gasteiger partial charge is 0.332 e. The molecule has 0 saturated heterocycles. The lowest BCUT2D eigenvalue weighted by atomic mass is 10.2. The van der Waals surface area contributed by atoms with Crippen molar-refractivity contribution < 1.29 is 13.2 Å². The Kier molecular flexibility index (Phi) is 3.55. The minimum atomic E-state index is -4.24. The van der Waals surface area contributed by atoms with E-state index in [1.807, 2.05) is 0 Å². The van der Waals surface area contributed by atoms with Crippen LogP contribution < -0.4 is 4.90 Å². The van der Waals surface area contributed by atoms with Gasteiger partial charge >= 0.3 is 6.18 Å². The lowest BCUT2D eigenvalue weighted by Crippen LogP contribution is -2.30. The molecule has 0 heterocycles. The molecule has 0 atom stereocenters. The highest BCUT2D eigenvalue weighted by molar-refractivity contribution is 5.63. The molecule has 1 nitrogen and oxygen atoms in total. The van der Waals surface area contributed by atoms with E-state index in [9.17, 15) is 13.2 Å². The summed E-state index contributed by atoms with van der Waals surface area (Å²) in [5.41, 5.74) is 1.06. The molecule has 0 amide bonds. The van der Waals surface area contributed by atoms with Crippen LogP contribution in [0.25, 0.3) is 0 Å². The molecule has 4 heteroatoms. The van der Waals surface area contributed by atoms with Crippen LogP contribution in [0.4, 0.5) is 24.5 Å². The summed E-state index contributed by atoms with van der Waals surface area (Å²) >= 11 is 0. The monoisotopic (exact) mass is 251 g/mol. The van der Waals surface area contributed by atoms with Gasteiger partial charge in [0.05, 0.1) is 0 Å². The molecule has 0 aliphatic heterocycles. The summed E-state index contributed by atoms with van der Waals surface area (Å²) in [7, 11) is 0.